The fraction of sp³-hybridized carbons (Fsp3) is 0.222. The third kappa shape index (κ3) is 2.84. The Balaban J connectivity index is 1.72. The molecule has 1 aliphatic heterocycles. The van der Waals surface area contributed by atoms with Crippen LogP contribution in [0.2, 0.25) is 0 Å². The van der Waals surface area contributed by atoms with Gasteiger partial charge in [-0.2, -0.15) is 8.42 Å². The molecule has 0 amide bonds. The van der Waals surface area contributed by atoms with Gasteiger partial charge in [0.1, 0.15) is 18.0 Å². The minimum absolute atomic E-state index is 0.0790. The topological polar surface area (TPSA) is 98.5 Å². The van der Waals surface area contributed by atoms with Gasteiger partial charge < -0.3 is 9.67 Å². The summed E-state index contributed by atoms with van der Waals surface area (Å²) in [6.45, 7) is 0.746. The maximum absolute atomic E-state index is 14.4. The normalized spacial score (nSPS) is 18.9. The van der Waals surface area contributed by atoms with Gasteiger partial charge in [0.25, 0.3) is 15.7 Å². The molecule has 3 heterocycles. The first-order valence-corrected chi connectivity index (χ1v) is 9.49. The molecule has 0 saturated heterocycles. The molecule has 1 aromatic carbocycles. The molecule has 2 aromatic heterocycles. The molecule has 0 unspecified atom stereocenters. The van der Waals surface area contributed by atoms with Crippen LogP contribution in [0.25, 0.3) is 11.0 Å². The second-order valence-corrected chi connectivity index (χ2v) is 8.15. The summed E-state index contributed by atoms with van der Waals surface area (Å²) in [6, 6.07) is 8.67. The highest BCUT2D eigenvalue weighted by molar-refractivity contribution is 7.86. The van der Waals surface area contributed by atoms with Crippen molar-refractivity contribution in [3.8, 4) is 0 Å². The maximum Gasteiger partial charge on any atom is 0.297 e. The van der Waals surface area contributed by atoms with Crippen LogP contribution in [0.5, 0.6) is 0 Å². The number of aliphatic hydroxyl groups is 1. The van der Waals surface area contributed by atoms with Crippen LogP contribution >= 0.6 is 0 Å². The molecule has 9 heteroatoms. The SMILES string of the molecule is Cc1ccc(S(=O)(=O)OC[C@]2(O)Cn3c(=O)ccc4ncc(F)c2c43)cc1. The van der Waals surface area contributed by atoms with Crippen molar-refractivity contribution >= 4 is 21.2 Å². The van der Waals surface area contributed by atoms with Crippen LogP contribution in [0.3, 0.4) is 0 Å². The zero-order chi connectivity index (χ0) is 19.4. The minimum atomic E-state index is -4.17. The first kappa shape index (κ1) is 17.8. The molecule has 7 nitrogen and oxygen atoms in total. The van der Waals surface area contributed by atoms with Gasteiger partial charge in [-0.1, -0.05) is 17.7 Å². The van der Waals surface area contributed by atoms with E-state index in [0.717, 1.165) is 11.8 Å². The van der Waals surface area contributed by atoms with E-state index in [4.69, 9.17) is 4.18 Å². The molecular formula is C18H15FN2O5S. The molecule has 140 valence electrons. The van der Waals surface area contributed by atoms with Gasteiger partial charge in [0.15, 0.2) is 0 Å². The Kier molecular flexibility index (Phi) is 3.91. The lowest BCUT2D eigenvalue weighted by molar-refractivity contribution is -0.0160. The van der Waals surface area contributed by atoms with E-state index in [-0.39, 0.29) is 22.5 Å². The Hall–Kier alpha value is -2.62. The standard InChI is InChI=1S/C18H15FN2O5S/c1-11-2-4-12(5-3-11)27(24,25)26-10-18(23)9-21-15(22)7-6-14-17(21)16(18)13(19)8-20-14/h2-8,23H,9-10H2,1H3/t18-/m1/s1. The van der Waals surface area contributed by atoms with Crippen molar-refractivity contribution in [3.05, 3.63) is 69.9 Å². The lowest BCUT2D eigenvalue weighted by Crippen LogP contribution is -2.35. The van der Waals surface area contributed by atoms with Gasteiger partial charge in [-0.25, -0.2) is 4.39 Å². The maximum atomic E-state index is 14.4. The van der Waals surface area contributed by atoms with Crippen LogP contribution in [-0.4, -0.2) is 29.7 Å². The van der Waals surface area contributed by atoms with Gasteiger partial charge in [0, 0.05) is 6.07 Å². The van der Waals surface area contributed by atoms with Crippen molar-refractivity contribution in [1.82, 2.24) is 9.55 Å². The smallest absolute Gasteiger partial charge is 0.297 e. The summed E-state index contributed by atoms with van der Waals surface area (Å²) in [5.74, 6) is -0.835. The van der Waals surface area contributed by atoms with E-state index < -0.39 is 33.7 Å². The van der Waals surface area contributed by atoms with E-state index in [1.165, 1.54) is 28.8 Å². The summed E-state index contributed by atoms with van der Waals surface area (Å²) in [5, 5.41) is 11.0. The molecule has 1 aliphatic rings. The van der Waals surface area contributed by atoms with Crippen molar-refractivity contribution in [3.63, 3.8) is 0 Å². The molecular weight excluding hydrogens is 375 g/mol. The van der Waals surface area contributed by atoms with Gasteiger partial charge in [0.05, 0.1) is 34.2 Å². The Bertz CT molecular complexity index is 1220. The monoisotopic (exact) mass is 390 g/mol. The highest BCUT2D eigenvalue weighted by atomic mass is 32.2. The van der Waals surface area contributed by atoms with E-state index >= 15 is 0 Å². The van der Waals surface area contributed by atoms with Crippen LogP contribution in [0.4, 0.5) is 4.39 Å². The summed E-state index contributed by atoms with van der Waals surface area (Å²) in [5.41, 5.74) is -1.32. The molecule has 0 spiro atoms. The van der Waals surface area contributed by atoms with Crippen molar-refractivity contribution in [2.45, 2.75) is 24.0 Å². The summed E-state index contributed by atoms with van der Waals surface area (Å²) < 4.78 is 45.4. The second kappa shape index (κ2) is 5.95. The van der Waals surface area contributed by atoms with Crippen LogP contribution in [0, 0.1) is 12.7 Å². The largest absolute Gasteiger partial charge is 0.381 e. The highest BCUT2D eigenvalue weighted by Gasteiger charge is 2.43. The van der Waals surface area contributed by atoms with Crippen molar-refractivity contribution < 1.29 is 22.1 Å². The number of benzene rings is 1. The van der Waals surface area contributed by atoms with Gasteiger partial charge >= 0.3 is 0 Å². The number of hydrogen-bond donors (Lipinski definition) is 1. The quantitative estimate of drug-likeness (QED) is 0.677. The van der Waals surface area contributed by atoms with Crippen LogP contribution in [0.15, 0.2) is 52.3 Å². The third-order valence-corrected chi connectivity index (χ3v) is 5.88. The summed E-state index contributed by atoms with van der Waals surface area (Å²) in [6.07, 6.45) is 0.928. The van der Waals surface area contributed by atoms with Gasteiger partial charge in [0.2, 0.25) is 0 Å². The Labute approximate surface area is 153 Å². The van der Waals surface area contributed by atoms with Crippen molar-refractivity contribution in [2.75, 3.05) is 6.61 Å². The molecule has 3 aromatic rings. The fourth-order valence-electron chi connectivity index (χ4n) is 3.24. The van der Waals surface area contributed by atoms with Gasteiger partial charge in [-0.3, -0.25) is 14.0 Å². The Morgan fingerprint density at radius 2 is 1.96 bits per heavy atom. The first-order valence-electron chi connectivity index (χ1n) is 8.08. The lowest BCUT2D eigenvalue weighted by Gasteiger charge is -2.23. The zero-order valence-electron chi connectivity index (χ0n) is 14.2. The number of aryl methyl sites for hydroxylation is 1. The van der Waals surface area contributed by atoms with E-state index in [9.17, 15) is 22.7 Å². The van der Waals surface area contributed by atoms with Gasteiger partial charge in [-0.15, -0.1) is 0 Å². The number of halogens is 1. The van der Waals surface area contributed by atoms with Crippen molar-refractivity contribution in [2.24, 2.45) is 0 Å². The molecule has 0 bridgehead atoms. The minimum Gasteiger partial charge on any atom is -0.381 e. The first-order chi connectivity index (χ1) is 12.7. The van der Waals surface area contributed by atoms with Crippen LogP contribution in [0.1, 0.15) is 11.1 Å². The number of hydrogen-bond acceptors (Lipinski definition) is 6. The lowest BCUT2D eigenvalue weighted by atomic mass is 9.97. The van der Waals surface area contributed by atoms with Crippen LogP contribution < -0.4 is 5.56 Å². The molecule has 0 saturated carbocycles. The number of aromatic nitrogens is 2. The van der Waals surface area contributed by atoms with E-state index in [0.29, 0.717) is 5.52 Å². The molecule has 0 radical (unpaired) electrons. The summed E-state index contributed by atoms with van der Waals surface area (Å²) in [7, 11) is -4.17. The zero-order valence-corrected chi connectivity index (χ0v) is 15.0. The van der Waals surface area contributed by atoms with E-state index in [2.05, 4.69) is 4.98 Å². The average molecular weight is 390 g/mol. The molecule has 27 heavy (non-hydrogen) atoms. The Morgan fingerprint density at radius 3 is 2.67 bits per heavy atom. The van der Waals surface area contributed by atoms with Crippen LogP contribution in [-0.2, 0) is 26.4 Å². The average Bonchev–Trinajstić information content (AvgIpc) is 2.95. The van der Waals surface area contributed by atoms with E-state index in [1.54, 1.807) is 12.1 Å². The predicted octanol–water partition coefficient (Wildman–Crippen LogP) is 1.45. The second-order valence-electron chi connectivity index (χ2n) is 6.53. The number of pyridine rings is 2. The molecule has 0 fully saturated rings. The van der Waals surface area contributed by atoms with E-state index in [1.807, 2.05) is 6.92 Å². The highest BCUT2D eigenvalue weighted by Crippen LogP contribution is 2.37. The number of rotatable bonds is 4. The molecule has 1 N–H and O–H groups in total. The van der Waals surface area contributed by atoms with Gasteiger partial charge in [-0.05, 0) is 25.1 Å². The summed E-state index contributed by atoms with van der Waals surface area (Å²) >= 11 is 0. The molecule has 0 aliphatic carbocycles. The molecule has 4 rings (SSSR count). The third-order valence-electron chi connectivity index (χ3n) is 4.60. The predicted molar refractivity (Wildman–Crippen MR) is 94.2 cm³/mol. The summed E-state index contributed by atoms with van der Waals surface area (Å²) in [4.78, 5) is 15.9. The number of nitrogens with zero attached hydrogens (tertiary/aromatic N) is 2. The Morgan fingerprint density at radius 1 is 1.26 bits per heavy atom. The fourth-order valence-corrected chi connectivity index (χ4v) is 4.20. The van der Waals surface area contributed by atoms with Crippen molar-refractivity contribution in [1.29, 1.82) is 0 Å². The molecule has 1 atom stereocenters.